The van der Waals surface area contributed by atoms with Crippen LogP contribution in [0.5, 0.6) is 0 Å². The molecule has 0 aliphatic rings. The molecule has 18 heavy (non-hydrogen) atoms. The van der Waals surface area contributed by atoms with Gasteiger partial charge in [0.2, 0.25) is 0 Å². The molecule has 0 fully saturated rings. The fourth-order valence-electron chi connectivity index (χ4n) is 1.53. The lowest BCUT2D eigenvalue weighted by molar-refractivity contribution is 1.37. The number of nitrogens with one attached hydrogen (secondary N) is 2. The molecule has 0 saturated heterocycles. The Bertz CT molecular complexity index is 568. The fourth-order valence-corrected chi connectivity index (χ4v) is 1.99. The minimum Gasteiger partial charge on any atom is -0.301 e. The highest BCUT2D eigenvalue weighted by atomic mass is 35.5. The maximum Gasteiger partial charge on any atom is 0.0726 e. The number of anilines is 2. The molecular formula is C14H14Cl2N2. The second kappa shape index (κ2) is 5.51. The lowest BCUT2D eigenvalue weighted by atomic mass is 10.2. The first-order chi connectivity index (χ1) is 8.56. The van der Waals surface area contributed by atoms with Gasteiger partial charge in [0.05, 0.1) is 16.4 Å². The van der Waals surface area contributed by atoms with Gasteiger partial charge in [-0.3, -0.25) is 5.43 Å². The first-order valence-corrected chi connectivity index (χ1v) is 6.36. The molecule has 0 bridgehead atoms. The van der Waals surface area contributed by atoms with Gasteiger partial charge >= 0.3 is 0 Å². The highest BCUT2D eigenvalue weighted by Crippen LogP contribution is 2.24. The minimum atomic E-state index is 0.681. The fraction of sp³-hybridized carbons (Fsp3) is 0.143. The highest BCUT2D eigenvalue weighted by molar-refractivity contribution is 6.33. The summed E-state index contributed by atoms with van der Waals surface area (Å²) >= 11 is 12.2. The summed E-state index contributed by atoms with van der Waals surface area (Å²) in [4.78, 5) is 0. The lowest BCUT2D eigenvalue weighted by Crippen LogP contribution is -2.09. The number of hydrogen-bond acceptors (Lipinski definition) is 2. The number of hydrogen-bond donors (Lipinski definition) is 2. The molecule has 0 aliphatic heterocycles. The predicted molar refractivity (Wildman–Crippen MR) is 79.6 cm³/mol. The van der Waals surface area contributed by atoms with Crippen molar-refractivity contribution in [1.82, 2.24) is 0 Å². The molecule has 2 nitrogen and oxygen atoms in total. The molecule has 0 spiro atoms. The van der Waals surface area contributed by atoms with Crippen LogP contribution < -0.4 is 10.9 Å². The van der Waals surface area contributed by atoms with E-state index in [1.54, 1.807) is 0 Å². The first-order valence-electron chi connectivity index (χ1n) is 5.60. The van der Waals surface area contributed by atoms with Crippen molar-refractivity contribution < 1.29 is 0 Å². The molecule has 0 heterocycles. The van der Waals surface area contributed by atoms with E-state index in [-0.39, 0.29) is 0 Å². The van der Waals surface area contributed by atoms with E-state index in [4.69, 9.17) is 23.2 Å². The summed E-state index contributed by atoms with van der Waals surface area (Å²) in [7, 11) is 0. The van der Waals surface area contributed by atoms with Crippen LogP contribution in [0.4, 0.5) is 11.4 Å². The third-order valence-corrected chi connectivity index (χ3v) is 3.36. The molecule has 2 aromatic rings. The maximum atomic E-state index is 6.12. The summed E-state index contributed by atoms with van der Waals surface area (Å²) < 4.78 is 0. The molecular weight excluding hydrogens is 267 g/mol. The Balaban J connectivity index is 2.09. The Morgan fingerprint density at radius 3 is 2.28 bits per heavy atom. The minimum absolute atomic E-state index is 0.681. The maximum absolute atomic E-state index is 6.12. The van der Waals surface area contributed by atoms with Crippen LogP contribution >= 0.6 is 23.2 Å². The van der Waals surface area contributed by atoms with Crippen LogP contribution in [0.15, 0.2) is 36.4 Å². The molecule has 0 aliphatic carbocycles. The zero-order valence-corrected chi connectivity index (χ0v) is 11.7. The van der Waals surface area contributed by atoms with E-state index in [2.05, 4.69) is 10.9 Å². The van der Waals surface area contributed by atoms with E-state index >= 15 is 0 Å². The Morgan fingerprint density at radius 2 is 1.61 bits per heavy atom. The Labute approximate surface area is 117 Å². The molecule has 0 unspecified atom stereocenters. The highest BCUT2D eigenvalue weighted by Gasteiger charge is 2.01. The zero-order valence-electron chi connectivity index (χ0n) is 10.2. The largest absolute Gasteiger partial charge is 0.301 e. The summed E-state index contributed by atoms with van der Waals surface area (Å²) in [5, 5.41) is 1.41. The van der Waals surface area contributed by atoms with Crippen LogP contribution in [0.3, 0.4) is 0 Å². The molecule has 2 aromatic carbocycles. The van der Waals surface area contributed by atoms with Gasteiger partial charge in [-0.05, 0) is 49.2 Å². The van der Waals surface area contributed by atoms with Crippen molar-refractivity contribution in [1.29, 1.82) is 0 Å². The van der Waals surface area contributed by atoms with Gasteiger partial charge < -0.3 is 5.43 Å². The molecule has 0 radical (unpaired) electrons. The van der Waals surface area contributed by atoms with Crippen LogP contribution in [0, 0.1) is 13.8 Å². The SMILES string of the molecule is Cc1ccc(NNc2ccc(C)c(Cl)c2)c(Cl)c1. The van der Waals surface area contributed by atoms with Crippen molar-refractivity contribution in [2.45, 2.75) is 13.8 Å². The van der Waals surface area contributed by atoms with Gasteiger partial charge in [0.15, 0.2) is 0 Å². The van der Waals surface area contributed by atoms with Gasteiger partial charge in [0.1, 0.15) is 0 Å². The zero-order chi connectivity index (χ0) is 13.1. The number of benzene rings is 2. The smallest absolute Gasteiger partial charge is 0.0726 e. The van der Waals surface area contributed by atoms with Crippen LogP contribution in [-0.4, -0.2) is 0 Å². The summed E-state index contributed by atoms with van der Waals surface area (Å²) in [6.07, 6.45) is 0. The monoisotopic (exact) mass is 280 g/mol. The lowest BCUT2D eigenvalue weighted by Gasteiger charge is -2.12. The summed E-state index contributed by atoms with van der Waals surface area (Å²) in [6, 6.07) is 11.6. The van der Waals surface area contributed by atoms with Crippen molar-refractivity contribution in [2.75, 3.05) is 10.9 Å². The van der Waals surface area contributed by atoms with Crippen molar-refractivity contribution >= 4 is 34.6 Å². The summed E-state index contributed by atoms with van der Waals surface area (Å²) in [5.41, 5.74) is 10.0. The molecule has 4 heteroatoms. The van der Waals surface area contributed by atoms with E-state index in [1.807, 2.05) is 50.2 Å². The molecule has 0 amide bonds. The molecule has 0 saturated carbocycles. The third-order valence-electron chi connectivity index (χ3n) is 2.64. The van der Waals surface area contributed by atoms with Gasteiger partial charge in [-0.25, -0.2) is 0 Å². The van der Waals surface area contributed by atoms with Crippen molar-refractivity contribution in [3.8, 4) is 0 Å². The quantitative estimate of drug-likeness (QED) is 0.769. The van der Waals surface area contributed by atoms with Gasteiger partial charge in [-0.2, -0.15) is 0 Å². The second-order valence-corrected chi connectivity index (χ2v) is 5.01. The Morgan fingerprint density at radius 1 is 0.833 bits per heavy atom. The van der Waals surface area contributed by atoms with Gasteiger partial charge in [-0.15, -0.1) is 0 Å². The average molecular weight is 281 g/mol. The Hall–Kier alpha value is -1.38. The third kappa shape index (κ3) is 3.09. The van der Waals surface area contributed by atoms with Crippen LogP contribution in [0.1, 0.15) is 11.1 Å². The number of aryl methyl sites for hydroxylation is 2. The number of hydrazine groups is 1. The normalized spacial score (nSPS) is 10.2. The van der Waals surface area contributed by atoms with Crippen molar-refractivity contribution in [3.05, 3.63) is 57.6 Å². The molecule has 2 N–H and O–H groups in total. The van der Waals surface area contributed by atoms with Gasteiger partial charge in [0, 0.05) is 5.02 Å². The summed E-state index contributed by atoms with van der Waals surface area (Å²) in [5.74, 6) is 0. The Kier molecular flexibility index (Phi) is 4.00. The van der Waals surface area contributed by atoms with Crippen molar-refractivity contribution in [2.24, 2.45) is 0 Å². The van der Waals surface area contributed by atoms with Gasteiger partial charge in [-0.1, -0.05) is 35.3 Å². The van der Waals surface area contributed by atoms with E-state index in [0.717, 1.165) is 27.5 Å². The molecule has 0 aromatic heterocycles. The average Bonchev–Trinajstić information content (AvgIpc) is 2.32. The summed E-state index contributed by atoms with van der Waals surface area (Å²) in [6.45, 7) is 3.97. The predicted octanol–water partition coefficient (Wildman–Crippen LogP) is 5.05. The molecule has 0 atom stereocenters. The van der Waals surface area contributed by atoms with Gasteiger partial charge in [0.25, 0.3) is 0 Å². The number of rotatable bonds is 3. The molecule has 94 valence electrons. The van der Waals surface area contributed by atoms with Crippen LogP contribution in [0.2, 0.25) is 10.0 Å². The standard InChI is InChI=1S/C14H14Cl2N2/c1-9-3-6-14(13(16)7-9)18-17-11-5-4-10(2)12(15)8-11/h3-8,17-18H,1-2H3. The van der Waals surface area contributed by atoms with E-state index in [9.17, 15) is 0 Å². The second-order valence-electron chi connectivity index (χ2n) is 4.20. The van der Waals surface area contributed by atoms with Crippen LogP contribution in [-0.2, 0) is 0 Å². The van der Waals surface area contributed by atoms with E-state index in [1.165, 1.54) is 0 Å². The first kappa shape index (κ1) is 13.1. The van der Waals surface area contributed by atoms with Crippen LogP contribution in [0.25, 0.3) is 0 Å². The van der Waals surface area contributed by atoms with E-state index < -0.39 is 0 Å². The molecule has 2 rings (SSSR count). The van der Waals surface area contributed by atoms with Crippen molar-refractivity contribution in [3.63, 3.8) is 0 Å². The topological polar surface area (TPSA) is 24.1 Å². The van der Waals surface area contributed by atoms with E-state index in [0.29, 0.717) is 5.02 Å². The number of halogens is 2.